The minimum absolute atomic E-state index is 0.0931. The molecule has 0 amide bonds. The van der Waals surface area contributed by atoms with E-state index in [1.807, 2.05) is 0 Å². The van der Waals surface area contributed by atoms with Crippen LogP contribution >= 0.6 is 0 Å². The van der Waals surface area contributed by atoms with Crippen molar-refractivity contribution in [2.24, 2.45) is 5.73 Å². The third kappa shape index (κ3) is 2.82. The van der Waals surface area contributed by atoms with E-state index >= 15 is 0 Å². The van der Waals surface area contributed by atoms with Crippen molar-refractivity contribution in [2.45, 2.75) is 26.3 Å². The fourth-order valence-electron chi connectivity index (χ4n) is 1.64. The van der Waals surface area contributed by atoms with Crippen molar-refractivity contribution in [1.29, 1.82) is 0 Å². The summed E-state index contributed by atoms with van der Waals surface area (Å²) >= 11 is 0. The number of rotatable bonds is 4. The Morgan fingerprint density at radius 2 is 2.07 bits per heavy atom. The molecule has 2 heteroatoms. The van der Waals surface area contributed by atoms with Gasteiger partial charge in [-0.05, 0) is 31.4 Å². The summed E-state index contributed by atoms with van der Waals surface area (Å²) < 4.78 is 5.02. The maximum Gasteiger partial charge on any atom is 0.0480 e. The van der Waals surface area contributed by atoms with Gasteiger partial charge >= 0.3 is 0 Å². The minimum Gasteiger partial charge on any atom is -0.385 e. The molecule has 78 valence electrons. The largest absolute Gasteiger partial charge is 0.385 e. The smallest absolute Gasteiger partial charge is 0.0480 e. The standard InChI is InChI=1S/C12H19NO/c1-9-4-5-11(10(2)8-9)12(13)6-7-14-3/h4-5,8,12H,6-7,13H2,1-3H3. The first-order valence-electron chi connectivity index (χ1n) is 4.97. The first kappa shape index (κ1) is 11.2. The number of hydrogen-bond acceptors (Lipinski definition) is 2. The molecule has 1 unspecified atom stereocenters. The Morgan fingerprint density at radius 3 is 2.64 bits per heavy atom. The van der Waals surface area contributed by atoms with Crippen molar-refractivity contribution < 1.29 is 4.74 Å². The Hall–Kier alpha value is -0.860. The van der Waals surface area contributed by atoms with Gasteiger partial charge in [-0.2, -0.15) is 0 Å². The Balaban J connectivity index is 2.74. The fraction of sp³-hybridized carbons (Fsp3) is 0.500. The van der Waals surface area contributed by atoms with Crippen LogP contribution in [0.3, 0.4) is 0 Å². The van der Waals surface area contributed by atoms with Gasteiger partial charge in [-0.1, -0.05) is 23.8 Å². The van der Waals surface area contributed by atoms with Gasteiger partial charge in [0.2, 0.25) is 0 Å². The normalized spacial score (nSPS) is 12.9. The highest BCUT2D eigenvalue weighted by atomic mass is 16.5. The monoisotopic (exact) mass is 193 g/mol. The summed E-state index contributed by atoms with van der Waals surface area (Å²) in [5.74, 6) is 0. The second-order valence-electron chi connectivity index (χ2n) is 3.75. The summed E-state index contributed by atoms with van der Waals surface area (Å²) in [6, 6.07) is 6.48. The second-order valence-corrected chi connectivity index (χ2v) is 3.75. The number of hydrogen-bond donors (Lipinski definition) is 1. The Morgan fingerprint density at radius 1 is 1.36 bits per heavy atom. The van der Waals surface area contributed by atoms with Gasteiger partial charge < -0.3 is 10.5 Å². The highest BCUT2D eigenvalue weighted by Crippen LogP contribution is 2.19. The molecule has 0 aromatic heterocycles. The zero-order chi connectivity index (χ0) is 10.6. The lowest BCUT2D eigenvalue weighted by molar-refractivity contribution is 0.188. The van der Waals surface area contributed by atoms with Crippen LogP contribution in [0.1, 0.15) is 29.2 Å². The molecule has 0 aliphatic heterocycles. The van der Waals surface area contributed by atoms with Crippen LogP contribution in [0.25, 0.3) is 0 Å². The number of methoxy groups -OCH3 is 1. The predicted octanol–water partition coefficient (Wildman–Crippen LogP) is 2.34. The quantitative estimate of drug-likeness (QED) is 0.796. The van der Waals surface area contributed by atoms with Gasteiger partial charge in [0, 0.05) is 19.8 Å². The second kappa shape index (κ2) is 5.13. The van der Waals surface area contributed by atoms with Crippen molar-refractivity contribution in [1.82, 2.24) is 0 Å². The summed E-state index contributed by atoms with van der Waals surface area (Å²) in [7, 11) is 1.70. The van der Waals surface area contributed by atoms with Crippen LogP contribution in [0.2, 0.25) is 0 Å². The van der Waals surface area contributed by atoms with Crippen molar-refractivity contribution >= 4 is 0 Å². The molecule has 1 atom stereocenters. The highest BCUT2D eigenvalue weighted by molar-refractivity contribution is 5.32. The van der Waals surface area contributed by atoms with Gasteiger partial charge in [-0.15, -0.1) is 0 Å². The van der Waals surface area contributed by atoms with E-state index < -0.39 is 0 Å². The maximum atomic E-state index is 6.05. The number of nitrogens with two attached hydrogens (primary N) is 1. The number of ether oxygens (including phenoxy) is 1. The van der Waals surface area contributed by atoms with E-state index in [-0.39, 0.29) is 6.04 Å². The Bertz CT molecular complexity index is 296. The lowest BCUT2D eigenvalue weighted by Crippen LogP contribution is -2.13. The highest BCUT2D eigenvalue weighted by Gasteiger charge is 2.07. The van der Waals surface area contributed by atoms with E-state index in [4.69, 9.17) is 10.5 Å². The molecule has 0 heterocycles. The maximum absolute atomic E-state index is 6.05. The van der Waals surface area contributed by atoms with Gasteiger partial charge in [0.1, 0.15) is 0 Å². The van der Waals surface area contributed by atoms with Crippen LogP contribution in [0, 0.1) is 13.8 Å². The lowest BCUT2D eigenvalue weighted by atomic mass is 9.98. The summed E-state index contributed by atoms with van der Waals surface area (Å²) in [6.07, 6.45) is 0.875. The molecule has 0 aliphatic carbocycles. The average molecular weight is 193 g/mol. The molecule has 2 N–H and O–H groups in total. The number of aryl methyl sites for hydroxylation is 2. The molecule has 1 aromatic carbocycles. The van der Waals surface area contributed by atoms with Gasteiger partial charge in [0.25, 0.3) is 0 Å². The Kier molecular flexibility index (Phi) is 4.11. The lowest BCUT2D eigenvalue weighted by Gasteiger charge is -2.14. The molecular weight excluding hydrogens is 174 g/mol. The van der Waals surface area contributed by atoms with E-state index in [2.05, 4.69) is 32.0 Å². The minimum atomic E-state index is 0.0931. The van der Waals surface area contributed by atoms with Crippen molar-refractivity contribution in [3.05, 3.63) is 34.9 Å². The zero-order valence-electron chi connectivity index (χ0n) is 9.21. The molecule has 0 spiro atoms. The first-order chi connectivity index (χ1) is 6.65. The van der Waals surface area contributed by atoms with Crippen LogP contribution in [0.15, 0.2) is 18.2 Å². The molecule has 2 nitrogen and oxygen atoms in total. The fourth-order valence-corrected chi connectivity index (χ4v) is 1.64. The molecule has 0 fully saturated rings. The predicted molar refractivity (Wildman–Crippen MR) is 59.3 cm³/mol. The first-order valence-corrected chi connectivity index (χ1v) is 4.97. The zero-order valence-corrected chi connectivity index (χ0v) is 9.21. The topological polar surface area (TPSA) is 35.2 Å². The molecule has 0 saturated heterocycles. The summed E-state index contributed by atoms with van der Waals surface area (Å²) in [5, 5.41) is 0. The summed E-state index contributed by atoms with van der Waals surface area (Å²) in [5.41, 5.74) is 9.84. The van der Waals surface area contributed by atoms with Gasteiger partial charge in [-0.3, -0.25) is 0 Å². The van der Waals surface area contributed by atoms with E-state index in [1.165, 1.54) is 16.7 Å². The molecular formula is C12H19NO. The van der Waals surface area contributed by atoms with Crippen molar-refractivity contribution in [2.75, 3.05) is 13.7 Å². The van der Waals surface area contributed by atoms with Gasteiger partial charge in [0.15, 0.2) is 0 Å². The van der Waals surface area contributed by atoms with Crippen LogP contribution in [-0.4, -0.2) is 13.7 Å². The van der Waals surface area contributed by atoms with Gasteiger partial charge in [-0.25, -0.2) is 0 Å². The number of benzene rings is 1. The molecule has 1 aromatic rings. The van der Waals surface area contributed by atoms with Crippen LogP contribution < -0.4 is 5.73 Å². The summed E-state index contributed by atoms with van der Waals surface area (Å²) in [4.78, 5) is 0. The molecule has 14 heavy (non-hydrogen) atoms. The SMILES string of the molecule is COCCC(N)c1ccc(C)cc1C. The van der Waals surface area contributed by atoms with Crippen LogP contribution in [0.4, 0.5) is 0 Å². The molecule has 1 rings (SSSR count). The van der Waals surface area contributed by atoms with E-state index in [0.717, 1.165) is 6.42 Å². The van der Waals surface area contributed by atoms with E-state index in [0.29, 0.717) is 6.61 Å². The molecule has 0 aliphatic rings. The third-order valence-electron chi connectivity index (χ3n) is 2.46. The Labute approximate surface area is 86.1 Å². The van der Waals surface area contributed by atoms with Crippen LogP contribution in [-0.2, 0) is 4.74 Å². The third-order valence-corrected chi connectivity index (χ3v) is 2.46. The van der Waals surface area contributed by atoms with E-state index in [9.17, 15) is 0 Å². The molecule has 0 radical (unpaired) electrons. The van der Waals surface area contributed by atoms with Crippen LogP contribution in [0.5, 0.6) is 0 Å². The summed E-state index contributed by atoms with van der Waals surface area (Å²) in [6.45, 7) is 4.92. The van der Waals surface area contributed by atoms with Crippen molar-refractivity contribution in [3.8, 4) is 0 Å². The molecule has 0 saturated carbocycles. The van der Waals surface area contributed by atoms with E-state index in [1.54, 1.807) is 7.11 Å². The van der Waals surface area contributed by atoms with Gasteiger partial charge in [0.05, 0.1) is 0 Å². The van der Waals surface area contributed by atoms with Crippen molar-refractivity contribution in [3.63, 3.8) is 0 Å². The molecule has 0 bridgehead atoms. The average Bonchev–Trinajstić information content (AvgIpc) is 2.14.